The van der Waals surface area contributed by atoms with Crippen LogP contribution in [0.5, 0.6) is 0 Å². The number of hydrogen-bond donors (Lipinski definition) is 0. The molecule has 0 aliphatic carbocycles. The minimum atomic E-state index is -3.48. The van der Waals surface area contributed by atoms with Crippen LogP contribution in [0.4, 0.5) is 4.39 Å². The minimum absolute atomic E-state index is 0.0224. The second-order valence-electron chi connectivity index (χ2n) is 11.2. The number of Topliss-reactive ketones (excluding diaryl/α,β-unsaturated/α-hetero) is 1. The number of halogens is 2. The van der Waals surface area contributed by atoms with Crippen LogP contribution < -0.4 is 0 Å². The average molecular weight is 655 g/mol. The van der Waals surface area contributed by atoms with Gasteiger partial charge in [-0.2, -0.15) is 0 Å². The van der Waals surface area contributed by atoms with Crippen molar-refractivity contribution in [3.05, 3.63) is 106 Å². The first-order valence-electron chi connectivity index (χ1n) is 14.2. The SMILES string of the molecule is CS(=O)(=O)CC(=O)CCCN(Cc1cccc(Cl)c1)C(=O)C1(Cc2ccccc2F)CCN1C(=O)c1csc2ccccc12. The Hall–Kier alpha value is -3.60. The zero-order valence-corrected chi connectivity index (χ0v) is 26.6. The number of benzene rings is 3. The number of rotatable bonds is 12. The highest BCUT2D eigenvalue weighted by molar-refractivity contribution is 7.91. The van der Waals surface area contributed by atoms with Crippen molar-refractivity contribution in [2.75, 3.05) is 25.1 Å². The number of nitrogens with zero attached hydrogens (tertiary/aromatic N) is 2. The van der Waals surface area contributed by atoms with Crippen molar-refractivity contribution in [3.63, 3.8) is 0 Å². The fourth-order valence-corrected chi connectivity index (χ4v) is 7.63. The van der Waals surface area contributed by atoms with Crippen molar-refractivity contribution in [2.24, 2.45) is 0 Å². The molecule has 1 aromatic heterocycles. The molecule has 4 aromatic rings. The molecule has 0 saturated carbocycles. The molecular weight excluding hydrogens is 623 g/mol. The summed E-state index contributed by atoms with van der Waals surface area (Å²) in [5.41, 5.74) is 0.191. The topological polar surface area (TPSA) is 91.8 Å². The van der Waals surface area contributed by atoms with Crippen LogP contribution in [-0.4, -0.2) is 66.5 Å². The quantitative estimate of drug-likeness (QED) is 0.189. The number of carbonyl (C=O) groups is 3. The lowest BCUT2D eigenvalue weighted by Gasteiger charge is -2.53. The Bertz CT molecular complexity index is 1830. The van der Waals surface area contributed by atoms with Crippen molar-refractivity contribution in [3.8, 4) is 0 Å². The van der Waals surface area contributed by atoms with Gasteiger partial charge in [-0.15, -0.1) is 11.3 Å². The monoisotopic (exact) mass is 654 g/mol. The molecule has 1 fully saturated rings. The van der Waals surface area contributed by atoms with Crippen molar-refractivity contribution in [1.29, 1.82) is 0 Å². The summed E-state index contributed by atoms with van der Waals surface area (Å²) in [7, 11) is -3.48. The second kappa shape index (κ2) is 13.2. The fourth-order valence-electron chi connectivity index (χ4n) is 5.75. The lowest BCUT2D eigenvalue weighted by molar-refractivity contribution is -0.151. The molecule has 44 heavy (non-hydrogen) atoms. The van der Waals surface area contributed by atoms with Crippen LogP contribution in [0.3, 0.4) is 0 Å². The van der Waals surface area contributed by atoms with Gasteiger partial charge in [0.1, 0.15) is 22.9 Å². The first-order valence-corrected chi connectivity index (χ1v) is 17.5. The third-order valence-corrected chi connectivity index (χ3v) is 9.96. The highest BCUT2D eigenvalue weighted by Crippen LogP contribution is 2.40. The Balaban J connectivity index is 1.50. The molecule has 2 heterocycles. The summed E-state index contributed by atoms with van der Waals surface area (Å²) in [6.45, 7) is 0.590. The largest absolute Gasteiger partial charge is 0.336 e. The predicted molar refractivity (Wildman–Crippen MR) is 171 cm³/mol. The summed E-state index contributed by atoms with van der Waals surface area (Å²) < 4.78 is 39.2. The van der Waals surface area contributed by atoms with Crippen LogP contribution in [0, 0.1) is 5.82 Å². The van der Waals surface area contributed by atoms with E-state index in [1.807, 2.05) is 30.3 Å². The van der Waals surface area contributed by atoms with Crippen LogP contribution in [-0.2, 0) is 32.4 Å². The molecule has 1 atom stereocenters. The fraction of sp³-hybridized carbons (Fsp3) is 0.303. The Kier molecular flexibility index (Phi) is 9.53. The second-order valence-corrected chi connectivity index (χ2v) is 14.7. The number of carbonyl (C=O) groups excluding carboxylic acids is 3. The van der Waals surface area contributed by atoms with Crippen molar-refractivity contribution >= 4 is 60.5 Å². The van der Waals surface area contributed by atoms with Crippen LogP contribution in [0.1, 0.15) is 40.7 Å². The van der Waals surface area contributed by atoms with Crippen LogP contribution >= 0.6 is 22.9 Å². The maximum absolute atomic E-state index is 15.0. The molecule has 1 unspecified atom stereocenters. The Labute approximate surface area is 265 Å². The molecule has 0 radical (unpaired) electrons. The van der Waals surface area contributed by atoms with E-state index in [9.17, 15) is 22.8 Å². The zero-order valence-electron chi connectivity index (χ0n) is 24.2. The Morgan fingerprint density at radius 2 is 1.80 bits per heavy atom. The summed E-state index contributed by atoms with van der Waals surface area (Å²) in [5.74, 6) is -2.13. The van der Waals surface area contributed by atoms with E-state index in [1.165, 1.54) is 17.4 Å². The van der Waals surface area contributed by atoms with Gasteiger partial charge in [0, 0.05) is 59.2 Å². The van der Waals surface area contributed by atoms with Gasteiger partial charge in [0.25, 0.3) is 5.91 Å². The third kappa shape index (κ3) is 7.03. The van der Waals surface area contributed by atoms with E-state index in [-0.39, 0.29) is 44.2 Å². The maximum Gasteiger partial charge on any atom is 0.256 e. The lowest BCUT2D eigenvalue weighted by atomic mass is 9.77. The smallest absolute Gasteiger partial charge is 0.256 e. The number of likely N-dealkylation sites (tertiary alicyclic amines) is 1. The van der Waals surface area contributed by atoms with E-state index >= 15 is 4.39 Å². The number of sulfone groups is 1. The van der Waals surface area contributed by atoms with Crippen molar-refractivity contribution in [2.45, 2.75) is 37.8 Å². The number of fused-ring (bicyclic) bond motifs is 1. The van der Waals surface area contributed by atoms with Gasteiger partial charge >= 0.3 is 0 Å². The molecule has 1 aliphatic heterocycles. The molecular formula is C33H32ClFN2O5S2. The molecule has 2 amide bonds. The molecule has 5 rings (SSSR count). The maximum atomic E-state index is 15.0. The molecule has 0 N–H and O–H groups in total. The summed E-state index contributed by atoms with van der Waals surface area (Å²) in [6, 6.07) is 20.9. The third-order valence-electron chi connectivity index (χ3n) is 7.92. The van der Waals surface area contributed by atoms with Gasteiger partial charge < -0.3 is 9.80 Å². The standard InChI is InChI=1S/C33H32ClFN2O5S2/c1-44(41,42)22-26(38)11-7-16-36(20-23-8-6-10-25(34)18-23)32(40)33(19-24-9-2-4-13-29(24)35)15-17-37(33)31(39)28-21-43-30-14-5-3-12-27(28)30/h2-6,8-10,12-14,18,21H,7,11,15-17,19-20,22H2,1H3. The van der Waals surface area contributed by atoms with E-state index < -0.39 is 32.7 Å². The number of ketones is 1. The molecule has 0 spiro atoms. The predicted octanol–water partition coefficient (Wildman–Crippen LogP) is 5.94. The number of amides is 2. The summed E-state index contributed by atoms with van der Waals surface area (Å²) in [6.07, 6.45) is 1.50. The lowest BCUT2D eigenvalue weighted by Crippen LogP contribution is -2.70. The van der Waals surface area contributed by atoms with Gasteiger partial charge in [0.15, 0.2) is 9.84 Å². The van der Waals surface area contributed by atoms with E-state index in [4.69, 9.17) is 11.6 Å². The zero-order chi connectivity index (χ0) is 31.5. The first kappa shape index (κ1) is 31.8. The van der Waals surface area contributed by atoms with Gasteiger partial charge in [0.2, 0.25) is 5.91 Å². The minimum Gasteiger partial charge on any atom is -0.336 e. The molecule has 0 bridgehead atoms. The Morgan fingerprint density at radius 1 is 1.05 bits per heavy atom. The first-order chi connectivity index (χ1) is 21.0. The highest BCUT2D eigenvalue weighted by Gasteiger charge is 2.55. The van der Waals surface area contributed by atoms with E-state index in [0.717, 1.165) is 21.9 Å². The highest BCUT2D eigenvalue weighted by atomic mass is 35.5. The molecule has 230 valence electrons. The summed E-state index contributed by atoms with van der Waals surface area (Å²) in [4.78, 5) is 44.3. The molecule has 1 saturated heterocycles. The Morgan fingerprint density at radius 3 is 2.50 bits per heavy atom. The van der Waals surface area contributed by atoms with Crippen molar-refractivity contribution in [1.82, 2.24) is 9.80 Å². The van der Waals surface area contributed by atoms with Gasteiger partial charge in [-0.3, -0.25) is 14.4 Å². The molecule has 3 aromatic carbocycles. The number of hydrogen-bond acceptors (Lipinski definition) is 6. The van der Waals surface area contributed by atoms with Gasteiger partial charge in [-0.05, 0) is 48.2 Å². The molecule has 1 aliphatic rings. The number of thiophene rings is 1. The van der Waals surface area contributed by atoms with Crippen LogP contribution in [0.25, 0.3) is 10.1 Å². The van der Waals surface area contributed by atoms with E-state index in [2.05, 4.69) is 0 Å². The van der Waals surface area contributed by atoms with Crippen LogP contribution in [0.15, 0.2) is 78.2 Å². The molecule has 7 nitrogen and oxygen atoms in total. The van der Waals surface area contributed by atoms with Crippen LogP contribution in [0.2, 0.25) is 5.02 Å². The van der Waals surface area contributed by atoms with Crippen molar-refractivity contribution < 1.29 is 27.2 Å². The summed E-state index contributed by atoms with van der Waals surface area (Å²) >= 11 is 7.69. The molecule has 11 heteroatoms. The van der Waals surface area contributed by atoms with Gasteiger partial charge in [-0.25, -0.2) is 12.8 Å². The van der Waals surface area contributed by atoms with Gasteiger partial charge in [-0.1, -0.05) is 60.1 Å². The van der Waals surface area contributed by atoms with E-state index in [0.29, 0.717) is 29.1 Å². The average Bonchev–Trinajstić information content (AvgIpc) is 3.39. The summed E-state index contributed by atoms with van der Waals surface area (Å²) in [5, 5.41) is 3.08. The normalized spacial score (nSPS) is 16.5. The van der Waals surface area contributed by atoms with Gasteiger partial charge in [0.05, 0.1) is 5.56 Å². The van der Waals surface area contributed by atoms with E-state index in [1.54, 1.807) is 51.6 Å².